The lowest BCUT2D eigenvalue weighted by Crippen LogP contribution is -2.50. The minimum absolute atomic E-state index is 0.181. The van der Waals surface area contributed by atoms with E-state index in [1.54, 1.807) is 0 Å². The van der Waals surface area contributed by atoms with Crippen molar-refractivity contribution in [2.45, 2.75) is 56.7 Å². The molecular formula is C12H20O2. The summed E-state index contributed by atoms with van der Waals surface area (Å²) in [5, 5.41) is 10.3. The van der Waals surface area contributed by atoms with Crippen LogP contribution in [0.2, 0.25) is 0 Å². The largest absolute Gasteiger partial charge is 0.496 e. The van der Waals surface area contributed by atoms with Gasteiger partial charge in [-0.05, 0) is 32.1 Å². The Kier molecular flexibility index (Phi) is 2.34. The predicted molar refractivity (Wildman–Crippen MR) is 55.8 cm³/mol. The molecular weight excluding hydrogens is 176 g/mol. The summed E-state index contributed by atoms with van der Waals surface area (Å²) >= 11 is 0. The molecule has 0 aliphatic heterocycles. The van der Waals surface area contributed by atoms with Crippen molar-refractivity contribution in [3.8, 4) is 0 Å². The molecule has 2 nitrogen and oxygen atoms in total. The van der Waals surface area contributed by atoms with Crippen molar-refractivity contribution >= 4 is 0 Å². The number of fused-ring (bicyclic) bond motifs is 2. The van der Waals surface area contributed by atoms with E-state index in [0.717, 1.165) is 25.7 Å². The Balaban J connectivity index is 2.13. The van der Waals surface area contributed by atoms with Crippen LogP contribution < -0.4 is 0 Å². The van der Waals surface area contributed by atoms with Gasteiger partial charge >= 0.3 is 0 Å². The molecule has 2 aliphatic carbocycles. The zero-order valence-electron chi connectivity index (χ0n) is 8.96. The lowest BCUT2D eigenvalue weighted by Gasteiger charge is -2.49. The summed E-state index contributed by atoms with van der Waals surface area (Å²) in [7, 11) is 0. The summed E-state index contributed by atoms with van der Waals surface area (Å²) in [6.45, 7) is 5.71. The van der Waals surface area contributed by atoms with Crippen LogP contribution in [0, 0.1) is 5.92 Å². The number of hydrogen-bond acceptors (Lipinski definition) is 2. The fraction of sp³-hybridized carbons (Fsp3) is 0.833. The van der Waals surface area contributed by atoms with Crippen LogP contribution in [-0.4, -0.2) is 16.3 Å². The van der Waals surface area contributed by atoms with E-state index in [2.05, 4.69) is 13.5 Å². The van der Waals surface area contributed by atoms with Gasteiger partial charge in [-0.1, -0.05) is 19.4 Å². The van der Waals surface area contributed by atoms with Gasteiger partial charge in [-0.2, -0.15) is 0 Å². The molecule has 2 rings (SSSR count). The van der Waals surface area contributed by atoms with E-state index in [1.165, 1.54) is 19.1 Å². The minimum Gasteiger partial charge on any atom is -0.496 e. The highest BCUT2D eigenvalue weighted by Crippen LogP contribution is 2.48. The summed E-state index contributed by atoms with van der Waals surface area (Å²) in [6, 6.07) is 0. The van der Waals surface area contributed by atoms with Crippen molar-refractivity contribution in [2.24, 2.45) is 5.92 Å². The normalized spacial score (nSPS) is 47.1. The van der Waals surface area contributed by atoms with Gasteiger partial charge in [0.15, 0.2) is 0 Å². The molecule has 14 heavy (non-hydrogen) atoms. The smallest absolute Gasteiger partial charge is 0.108 e. The van der Waals surface area contributed by atoms with Gasteiger partial charge in [0.2, 0.25) is 0 Å². The molecule has 2 saturated carbocycles. The van der Waals surface area contributed by atoms with E-state index in [9.17, 15) is 5.11 Å². The van der Waals surface area contributed by atoms with Crippen LogP contribution >= 0.6 is 0 Å². The molecule has 2 bridgehead atoms. The van der Waals surface area contributed by atoms with Crippen molar-refractivity contribution in [2.75, 3.05) is 0 Å². The molecule has 0 heterocycles. The van der Waals surface area contributed by atoms with Crippen LogP contribution in [0.4, 0.5) is 0 Å². The third-order valence-electron chi connectivity index (χ3n) is 3.71. The zero-order valence-corrected chi connectivity index (χ0v) is 8.96. The standard InChI is InChI=1S/C12H20O2/c1-3-14-11(2)7-10-5-4-6-12(13,8-10)9-11/h3,10,13H,1,4-9H2,2H3. The lowest BCUT2D eigenvalue weighted by atomic mass is 9.64. The molecule has 3 atom stereocenters. The Morgan fingerprint density at radius 2 is 2.29 bits per heavy atom. The molecule has 0 radical (unpaired) electrons. The van der Waals surface area contributed by atoms with Gasteiger partial charge in [-0.3, -0.25) is 0 Å². The third-order valence-corrected chi connectivity index (χ3v) is 3.71. The van der Waals surface area contributed by atoms with Gasteiger partial charge in [0.1, 0.15) is 5.60 Å². The Bertz CT molecular complexity index is 238. The highest BCUT2D eigenvalue weighted by Gasteiger charge is 2.47. The maximum absolute atomic E-state index is 10.3. The van der Waals surface area contributed by atoms with Gasteiger partial charge in [-0.25, -0.2) is 0 Å². The van der Waals surface area contributed by atoms with E-state index in [0.29, 0.717) is 5.92 Å². The van der Waals surface area contributed by atoms with E-state index in [-0.39, 0.29) is 5.60 Å². The van der Waals surface area contributed by atoms with Gasteiger partial charge in [0, 0.05) is 6.42 Å². The fourth-order valence-corrected chi connectivity index (χ4v) is 3.47. The molecule has 0 aromatic heterocycles. The fourth-order valence-electron chi connectivity index (χ4n) is 3.47. The quantitative estimate of drug-likeness (QED) is 0.688. The van der Waals surface area contributed by atoms with Crippen molar-refractivity contribution in [1.29, 1.82) is 0 Å². The SMILES string of the molecule is C=COC1(C)CC2CCCC(O)(C2)C1. The van der Waals surface area contributed by atoms with Crippen molar-refractivity contribution < 1.29 is 9.84 Å². The summed E-state index contributed by atoms with van der Waals surface area (Å²) in [4.78, 5) is 0. The highest BCUT2D eigenvalue weighted by atomic mass is 16.5. The molecule has 2 aliphatic rings. The number of hydrogen-bond donors (Lipinski definition) is 1. The second-order valence-electron chi connectivity index (χ2n) is 5.30. The molecule has 0 aromatic rings. The Hall–Kier alpha value is -0.500. The van der Waals surface area contributed by atoms with Crippen LogP contribution in [0.3, 0.4) is 0 Å². The number of aliphatic hydroxyl groups is 1. The van der Waals surface area contributed by atoms with E-state index >= 15 is 0 Å². The second kappa shape index (κ2) is 3.27. The summed E-state index contributed by atoms with van der Waals surface area (Å²) in [6.07, 6.45) is 7.70. The third kappa shape index (κ3) is 1.81. The molecule has 2 heteroatoms. The molecule has 0 amide bonds. The predicted octanol–water partition coefficient (Wildman–Crippen LogP) is 2.62. The summed E-state index contributed by atoms with van der Waals surface area (Å²) in [5.74, 6) is 0.646. The van der Waals surface area contributed by atoms with Crippen molar-refractivity contribution in [1.82, 2.24) is 0 Å². The summed E-state index contributed by atoms with van der Waals surface area (Å²) in [5.41, 5.74) is -0.640. The van der Waals surface area contributed by atoms with Gasteiger partial charge in [0.25, 0.3) is 0 Å². The van der Waals surface area contributed by atoms with Crippen molar-refractivity contribution in [3.63, 3.8) is 0 Å². The van der Waals surface area contributed by atoms with Crippen LogP contribution in [0.1, 0.15) is 45.4 Å². The molecule has 2 fully saturated rings. The van der Waals surface area contributed by atoms with E-state index in [4.69, 9.17) is 4.74 Å². The first-order valence-corrected chi connectivity index (χ1v) is 5.56. The molecule has 0 aromatic carbocycles. The van der Waals surface area contributed by atoms with Gasteiger partial charge in [-0.15, -0.1) is 0 Å². The van der Waals surface area contributed by atoms with Crippen LogP contribution in [0.25, 0.3) is 0 Å². The number of rotatable bonds is 2. The van der Waals surface area contributed by atoms with Crippen LogP contribution in [0.5, 0.6) is 0 Å². The second-order valence-corrected chi connectivity index (χ2v) is 5.30. The maximum Gasteiger partial charge on any atom is 0.108 e. The molecule has 0 saturated heterocycles. The van der Waals surface area contributed by atoms with Crippen LogP contribution in [-0.2, 0) is 4.74 Å². The maximum atomic E-state index is 10.3. The monoisotopic (exact) mass is 196 g/mol. The van der Waals surface area contributed by atoms with Crippen LogP contribution in [0.15, 0.2) is 12.8 Å². The summed E-state index contributed by atoms with van der Waals surface area (Å²) < 4.78 is 5.58. The zero-order chi connectivity index (χ0) is 10.2. The van der Waals surface area contributed by atoms with E-state index in [1.807, 2.05) is 0 Å². The number of ether oxygens (including phenoxy) is 1. The highest BCUT2D eigenvalue weighted by molar-refractivity contribution is 5.00. The Morgan fingerprint density at radius 3 is 2.93 bits per heavy atom. The topological polar surface area (TPSA) is 29.5 Å². The molecule has 0 spiro atoms. The molecule has 80 valence electrons. The van der Waals surface area contributed by atoms with Gasteiger partial charge < -0.3 is 9.84 Å². The Labute approximate surface area is 86.0 Å². The molecule has 1 N–H and O–H groups in total. The van der Waals surface area contributed by atoms with Gasteiger partial charge in [0.05, 0.1) is 11.9 Å². The first-order chi connectivity index (χ1) is 6.55. The first-order valence-electron chi connectivity index (χ1n) is 5.56. The average molecular weight is 196 g/mol. The average Bonchev–Trinajstić information content (AvgIpc) is 2.00. The van der Waals surface area contributed by atoms with Crippen molar-refractivity contribution in [3.05, 3.63) is 12.8 Å². The minimum atomic E-state index is -0.459. The lowest BCUT2D eigenvalue weighted by molar-refractivity contribution is -0.134. The van der Waals surface area contributed by atoms with E-state index < -0.39 is 5.60 Å². The Morgan fingerprint density at radius 1 is 1.50 bits per heavy atom. The molecule has 3 unspecified atom stereocenters. The first kappa shape index (κ1) is 10.0.